The standard InChI is InChI=1S/C8H8ClN3O/c1-4-7-5(13-12-4)3-6(9)11-8(7)10-2/h3H,1-2H3,(H,10,11). The van der Waals surface area contributed by atoms with Crippen molar-refractivity contribution in [2.45, 2.75) is 6.92 Å². The van der Waals surface area contributed by atoms with E-state index in [-0.39, 0.29) is 0 Å². The topological polar surface area (TPSA) is 51.0 Å². The number of hydrogen-bond acceptors (Lipinski definition) is 4. The van der Waals surface area contributed by atoms with Crippen molar-refractivity contribution in [2.75, 3.05) is 12.4 Å². The van der Waals surface area contributed by atoms with Crippen LogP contribution in [0, 0.1) is 6.92 Å². The molecule has 0 spiro atoms. The first-order chi connectivity index (χ1) is 6.22. The highest BCUT2D eigenvalue weighted by atomic mass is 35.5. The molecule has 4 nitrogen and oxygen atoms in total. The fourth-order valence-electron chi connectivity index (χ4n) is 1.26. The van der Waals surface area contributed by atoms with E-state index in [4.69, 9.17) is 16.1 Å². The van der Waals surface area contributed by atoms with Gasteiger partial charge in [0.05, 0.1) is 11.1 Å². The van der Waals surface area contributed by atoms with Crippen molar-refractivity contribution in [3.8, 4) is 0 Å². The van der Waals surface area contributed by atoms with Gasteiger partial charge in [-0.05, 0) is 6.92 Å². The van der Waals surface area contributed by atoms with E-state index in [1.807, 2.05) is 6.92 Å². The van der Waals surface area contributed by atoms with Crippen LogP contribution in [0.1, 0.15) is 5.69 Å². The highest BCUT2D eigenvalue weighted by molar-refractivity contribution is 6.30. The highest BCUT2D eigenvalue weighted by Gasteiger charge is 2.10. The number of anilines is 1. The van der Waals surface area contributed by atoms with Gasteiger partial charge in [0.15, 0.2) is 5.58 Å². The zero-order chi connectivity index (χ0) is 9.42. The number of halogens is 1. The minimum absolute atomic E-state index is 0.396. The summed E-state index contributed by atoms with van der Waals surface area (Å²) in [5.41, 5.74) is 1.46. The van der Waals surface area contributed by atoms with Gasteiger partial charge in [-0.3, -0.25) is 0 Å². The van der Waals surface area contributed by atoms with Crippen LogP contribution in [0.2, 0.25) is 5.15 Å². The molecule has 0 amide bonds. The van der Waals surface area contributed by atoms with Gasteiger partial charge in [0, 0.05) is 13.1 Å². The summed E-state index contributed by atoms with van der Waals surface area (Å²) in [6.45, 7) is 1.86. The minimum Gasteiger partial charge on any atom is -0.372 e. The molecule has 0 aliphatic heterocycles. The molecule has 0 saturated heterocycles. The normalized spacial score (nSPS) is 10.7. The Balaban J connectivity index is 2.85. The third kappa shape index (κ3) is 1.23. The van der Waals surface area contributed by atoms with Crippen LogP contribution >= 0.6 is 11.6 Å². The number of hydrogen-bond donors (Lipinski definition) is 1. The molecule has 0 atom stereocenters. The maximum absolute atomic E-state index is 5.77. The first-order valence-corrected chi connectivity index (χ1v) is 4.20. The summed E-state index contributed by atoms with van der Waals surface area (Å²) in [6.07, 6.45) is 0. The Bertz CT molecular complexity index is 452. The van der Waals surface area contributed by atoms with E-state index in [0.29, 0.717) is 16.6 Å². The quantitative estimate of drug-likeness (QED) is 0.713. The van der Waals surface area contributed by atoms with Crippen molar-refractivity contribution in [3.05, 3.63) is 16.9 Å². The van der Waals surface area contributed by atoms with Crippen LogP contribution < -0.4 is 5.32 Å². The molecule has 68 valence electrons. The predicted molar refractivity (Wildman–Crippen MR) is 51.1 cm³/mol. The van der Waals surface area contributed by atoms with Crippen LogP contribution in [0.15, 0.2) is 10.6 Å². The second kappa shape index (κ2) is 2.88. The van der Waals surface area contributed by atoms with Gasteiger partial charge in [-0.15, -0.1) is 0 Å². The van der Waals surface area contributed by atoms with Crippen molar-refractivity contribution in [1.29, 1.82) is 0 Å². The molecule has 0 aliphatic carbocycles. The average Bonchev–Trinajstić information content (AvgIpc) is 2.46. The van der Waals surface area contributed by atoms with Crippen LogP contribution in [-0.2, 0) is 0 Å². The van der Waals surface area contributed by atoms with Gasteiger partial charge in [-0.2, -0.15) is 0 Å². The van der Waals surface area contributed by atoms with Gasteiger partial charge in [0.1, 0.15) is 11.0 Å². The molecule has 2 rings (SSSR count). The number of aromatic nitrogens is 2. The Morgan fingerprint density at radius 2 is 2.31 bits per heavy atom. The molecule has 2 aromatic heterocycles. The zero-order valence-corrected chi connectivity index (χ0v) is 8.01. The Hall–Kier alpha value is -1.29. The molecule has 0 radical (unpaired) electrons. The van der Waals surface area contributed by atoms with Crippen molar-refractivity contribution >= 4 is 28.4 Å². The second-order valence-electron chi connectivity index (χ2n) is 2.68. The van der Waals surface area contributed by atoms with Crippen LogP contribution in [-0.4, -0.2) is 17.2 Å². The van der Waals surface area contributed by atoms with E-state index in [1.54, 1.807) is 13.1 Å². The Morgan fingerprint density at radius 3 is 3.00 bits per heavy atom. The third-order valence-corrected chi connectivity index (χ3v) is 2.03. The summed E-state index contributed by atoms with van der Waals surface area (Å²) in [5.74, 6) is 0.696. The Kier molecular flexibility index (Phi) is 1.84. The molecule has 0 bridgehead atoms. The van der Waals surface area contributed by atoms with E-state index >= 15 is 0 Å². The van der Waals surface area contributed by atoms with E-state index < -0.39 is 0 Å². The maximum atomic E-state index is 5.77. The lowest BCUT2D eigenvalue weighted by molar-refractivity contribution is 0.450. The number of aryl methyl sites for hydroxylation is 1. The monoisotopic (exact) mass is 197 g/mol. The average molecular weight is 198 g/mol. The summed E-state index contributed by atoms with van der Waals surface area (Å²) in [7, 11) is 1.78. The second-order valence-corrected chi connectivity index (χ2v) is 3.07. The van der Waals surface area contributed by atoms with Crippen LogP contribution in [0.25, 0.3) is 11.0 Å². The largest absolute Gasteiger partial charge is 0.372 e. The third-order valence-electron chi connectivity index (χ3n) is 1.83. The van der Waals surface area contributed by atoms with E-state index in [2.05, 4.69) is 15.5 Å². The lowest BCUT2D eigenvalue weighted by Gasteiger charge is -2.00. The lowest BCUT2D eigenvalue weighted by atomic mass is 10.2. The first-order valence-electron chi connectivity index (χ1n) is 3.82. The van der Waals surface area contributed by atoms with Gasteiger partial charge < -0.3 is 9.84 Å². The van der Waals surface area contributed by atoms with Crippen molar-refractivity contribution in [2.24, 2.45) is 0 Å². The zero-order valence-electron chi connectivity index (χ0n) is 7.26. The van der Waals surface area contributed by atoms with E-state index in [0.717, 1.165) is 11.1 Å². The van der Waals surface area contributed by atoms with Crippen LogP contribution in [0.4, 0.5) is 5.82 Å². The van der Waals surface area contributed by atoms with Crippen molar-refractivity contribution < 1.29 is 4.52 Å². The molecule has 13 heavy (non-hydrogen) atoms. The lowest BCUT2D eigenvalue weighted by Crippen LogP contribution is -1.93. The van der Waals surface area contributed by atoms with E-state index in [9.17, 15) is 0 Å². The van der Waals surface area contributed by atoms with Gasteiger partial charge in [-0.25, -0.2) is 4.98 Å². The van der Waals surface area contributed by atoms with Gasteiger partial charge >= 0.3 is 0 Å². The summed E-state index contributed by atoms with van der Waals surface area (Å²) < 4.78 is 5.06. The number of pyridine rings is 1. The van der Waals surface area contributed by atoms with Gasteiger partial charge in [0.2, 0.25) is 0 Å². The minimum atomic E-state index is 0.396. The molecular formula is C8H8ClN3O. The number of rotatable bonds is 1. The number of nitrogens with one attached hydrogen (secondary N) is 1. The number of fused-ring (bicyclic) bond motifs is 1. The Labute approximate surface area is 79.9 Å². The molecular weight excluding hydrogens is 190 g/mol. The fourth-order valence-corrected chi connectivity index (χ4v) is 1.44. The summed E-state index contributed by atoms with van der Waals surface area (Å²) in [6, 6.07) is 1.65. The van der Waals surface area contributed by atoms with Crippen LogP contribution in [0.3, 0.4) is 0 Å². The molecule has 2 aromatic rings. The molecule has 0 unspecified atom stereocenters. The highest BCUT2D eigenvalue weighted by Crippen LogP contribution is 2.26. The maximum Gasteiger partial charge on any atom is 0.173 e. The molecule has 0 fully saturated rings. The van der Waals surface area contributed by atoms with Crippen molar-refractivity contribution in [1.82, 2.24) is 10.1 Å². The van der Waals surface area contributed by atoms with Crippen molar-refractivity contribution in [3.63, 3.8) is 0 Å². The SMILES string of the molecule is CNc1nc(Cl)cc2onc(C)c12. The summed E-state index contributed by atoms with van der Waals surface area (Å²) in [4.78, 5) is 4.11. The molecule has 5 heteroatoms. The molecule has 2 heterocycles. The summed E-state index contributed by atoms with van der Waals surface area (Å²) in [5, 5.41) is 8.05. The van der Waals surface area contributed by atoms with Gasteiger partial charge in [0.25, 0.3) is 0 Å². The molecule has 0 aromatic carbocycles. The summed E-state index contributed by atoms with van der Waals surface area (Å²) >= 11 is 5.77. The molecule has 1 N–H and O–H groups in total. The predicted octanol–water partition coefficient (Wildman–Crippen LogP) is 2.23. The van der Waals surface area contributed by atoms with E-state index in [1.165, 1.54) is 0 Å². The Morgan fingerprint density at radius 1 is 1.54 bits per heavy atom. The first kappa shape index (κ1) is 8.31. The molecule has 0 saturated carbocycles. The van der Waals surface area contributed by atoms with Crippen LogP contribution in [0.5, 0.6) is 0 Å². The fraction of sp³-hybridized carbons (Fsp3) is 0.250. The smallest absolute Gasteiger partial charge is 0.173 e. The number of nitrogens with zero attached hydrogens (tertiary/aromatic N) is 2. The van der Waals surface area contributed by atoms with Gasteiger partial charge in [-0.1, -0.05) is 16.8 Å². The molecule has 0 aliphatic rings.